The fourth-order valence-corrected chi connectivity index (χ4v) is 3.89. The van der Waals surface area contributed by atoms with Crippen molar-refractivity contribution >= 4 is 23.2 Å². The fourth-order valence-electron chi connectivity index (χ4n) is 3.71. The molecule has 1 fully saturated rings. The first kappa shape index (κ1) is 18.7. The average Bonchev–Trinajstić information content (AvgIpc) is 3.15. The van der Waals surface area contributed by atoms with Crippen molar-refractivity contribution < 1.29 is 14.5 Å². The first-order valence-electron chi connectivity index (χ1n) is 9.21. The number of hydrogen-bond donors (Lipinski definition) is 0. The smallest absolute Gasteiger partial charge is 0.282 e. The van der Waals surface area contributed by atoms with Crippen LogP contribution < -0.4 is 4.74 Å². The Kier molecular flexibility index (Phi) is 5.19. The third kappa shape index (κ3) is 3.81. The van der Waals surface area contributed by atoms with E-state index in [4.69, 9.17) is 16.3 Å². The highest BCUT2D eigenvalue weighted by molar-refractivity contribution is 6.31. The summed E-state index contributed by atoms with van der Waals surface area (Å²) in [5.74, 6) is 0.630. The second-order valence-corrected chi connectivity index (χ2v) is 7.46. The maximum atomic E-state index is 12.8. The molecule has 0 aromatic heterocycles. The van der Waals surface area contributed by atoms with Crippen molar-refractivity contribution in [2.75, 3.05) is 32.8 Å². The second-order valence-electron chi connectivity index (χ2n) is 7.03. The normalized spacial score (nSPS) is 16.5. The molecule has 1 saturated heterocycles. The van der Waals surface area contributed by atoms with E-state index >= 15 is 0 Å². The van der Waals surface area contributed by atoms with Crippen molar-refractivity contribution in [3.8, 4) is 5.75 Å². The van der Waals surface area contributed by atoms with Crippen LogP contribution in [0.3, 0.4) is 0 Å². The lowest BCUT2D eigenvalue weighted by Gasteiger charge is -2.34. The summed E-state index contributed by atoms with van der Waals surface area (Å²) in [5, 5.41) is 11.5. The monoisotopic (exact) mass is 401 g/mol. The Balaban J connectivity index is 1.40. The Morgan fingerprint density at radius 2 is 1.93 bits per heavy atom. The van der Waals surface area contributed by atoms with Crippen molar-refractivity contribution in [2.24, 2.45) is 0 Å². The highest BCUT2D eigenvalue weighted by Crippen LogP contribution is 2.27. The number of carbonyl (C=O) groups is 1. The maximum Gasteiger partial charge on any atom is 0.282 e. The van der Waals surface area contributed by atoms with Crippen LogP contribution >= 0.6 is 11.6 Å². The first-order valence-corrected chi connectivity index (χ1v) is 9.59. The topological polar surface area (TPSA) is 75.9 Å². The molecule has 2 aromatic rings. The van der Waals surface area contributed by atoms with Crippen molar-refractivity contribution in [3.05, 3.63) is 68.2 Å². The molecule has 8 heteroatoms. The minimum atomic E-state index is -0.544. The van der Waals surface area contributed by atoms with Crippen molar-refractivity contribution in [3.63, 3.8) is 0 Å². The largest absolute Gasteiger partial charge is 0.493 e. The number of ether oxygens (including phenoxy) is 1. The van der Waals surface area contributed by atoms with Gasteiger partial charge in [-0.1, -0.05) is 23.7 Å². The van der Waals surface area contributed by atoms with Gasteiger partial charge in [-0.15, -0.1) is 0 Å². The van der Waals surface area contributed by atoms with Crippen LogP contribution in [-0.2, 0) is 13.0 Å². The van der Waals surface area contributed by atoms with Crippen LogP contribution in [0, 0.1) is 10.1 Å². The van der Waals surface area contributed by atoms with Gasteiger partial charge in [0.25, 0.3) is 11.6 Å². The number of piperazine rings is 1. The van der Waals surface area contributed by atoms with E-state index in [2.05, 4.69) is 17.0 Å². The summed E-state index contributed by atoms with van der Waals surface area (Å²) in [6.07, 6.45) is 0.948. The van der Waals surface area contributed by atoms with Crippen molar-refractivity contribution in [1.82, 2.24) is 9.80 Å². The molecule has 2 heterocycles. The molecule has 2 aromatic carbocycles. The number of rotatable bonds is 4. The summed E-state index contributed by atoms with van der Waals surface area (Å²) in [7, 11) is 0. The number of carbonyl (C=O) groups excluding carboxylic acids is 1. The van der Waals surface area contributed by atoms with Gasteiger partial charge in [0.05, 0.1) is 11.5 Å². The number of halogens is 1. The van der Waals surface area contributed by atoms with E-state index in [9.17, 15) is 14.9 Å². The molecule has 2 aliphatic rings. The number of nitro groups is 1. The molecule has 28 heavy (non-hydrogen) atoms. The number of hydrogen-bond acceptors (Lipinski definition) is 5. The predicted molar refractivity (Wildman–Crippen MR) is 105 cm³/mol. The predicted octanol–water partition coefficient (Wildman–Crippen LogP) is 3.14. The first-order chi connectivity index (χ1) is 13.5. The van der Waals surface area contributed by atoms with E-state index in [0.717, 1.165) is 25.3 Å². The SMILES string of the molecule is O=C(c1cc(Cl)ccc1[N+](=O)[O-])N1CCN(Cc2ccc3c(c2)CCO3)CC1. The van der Waals surface area contributed by atoms with E-state index in [1.165, 1.54) is 29.3 Å². The molecule has 2 aliphatic heterocycles. The Morgan fingerprint density at radius 1 is 1.14 bits per heavy atom. The molecule has 146 valence electrons. The number of benzene rings is 2. The Labute approximate surface area is 167 Å². The van der Waals surface area contributed by atoms with Crippen LogP contribution in [0.15, 0.2) is 36.4 Å². The molecule has 0 atom stereocenters. The minimum Gasteiger partial charge on any atom is -0.493 e. The molecule has 1 amide bonds. The third-order valence-electron chi connectivity index (χ3n) is 5.21. The molecule has 0 aliphatic carbocycles. The van der Waals surface area contributed by atoms with E-state index < -0.39 is 4.92 Å². The molecule has 0 unspecified atom stereocenters. The van der Waals surface area contributed by atoms with Crippen LogP contribution in [0.25, 0.3) is 0 Å². The molecular formula is C20H20ClN3O4. The molecule has 0 radical (unpaired) electrons. The van der Waals surface area contributed by atoms with Crippen LogP contribution in [0.2, 0.25) is 5.02 Å². The van der Waals surface area contributed by atoms with Gasteiger partial charge in [-0.2, -0.15) is 0 Å². The summed E-state index contributed by atoms with van der Waals surface area (Å²) in [6.45, 7) is 4.04. The molecule has 7 nitrogen and oxygen atoms in total. The molecule has 0 spiro atoms. The molecule has 0 saturated carbocycles. The Bertz CT molecular complexity index is 926. The lowest BCUT2D eigenvalue weighted by Crippen LogP contribution is -2.48. The van der Waals surface area contributed by atoms with Crippen molar-refractivity contribution in [2.45, 2.75) is 13.0 Å². The zero-order valence-corrected chi connectivity index (χ0v) is 16.0. The number of nitrogens with zero attached hydrogens (tertiary/aromatic N) is 3. The molecular weight excluding hydrogens is 382 g/mol. The Hall–Kier alpha value is -2.64. The summed E-state index contributed by atoms with van der Waals surface area (Å²) in [4.78, 5) is 27.4. The van der Waals surface area contributed by atoms with Crippen LogP contribution in [-0.4, -0.2) is 53.4 Å². The lowest BCUT2D eigenvalue weighted by atomic mass is 10.1. The van der Waals surface area contributed by atoms with E-state index in [0.29, 0.717) is 31.2 Å². The molecule has 0 N–H and O–H groups in total. The molecule has 4 rings (SSSR count). The Morgan fingerprint density at radius 3 is 2.68 bits per heavy atom. The van der Waals surface area contributed by atoms with Crippen LogP contribution in [0.4, 0.5) is 5.69 Å². The standard InChI is InChI=1S/C20H20ClN3O4/c21-16-2-3-18(24(26)27)17(12-16)20(25)23-8-6-22(7-9-23)13-14-1-4-19-15(11-14)5-10-28-19/h1-4,11-12H,5-10,13H2. The highest BCUT2D eigenvalue weighted by Gasteiger charge is 2.28. The summed E-state index contributed by atoms with van der Waals surface area (Å²) < 4.78 is 5.55. The lowest BCUT2D eigenvalue weighted by molar-refractivity contribution is -0.385. The summed E-state index contributed by atoms with van der Waals surface area (Å²) in [6, 6.07) is 10.4. The van der Waals surface area contributed by atoms with E-state index in [1.807, 2.05) is 6.07 Å². The fraction of sp³-hybridized carbons (Fsp3) is 0.350. The van der Waals surface area contributed by atoms with Crippen LogP contribution in [0.1, 0.15) is 21.5 Å². The number of nitro benzene ring substituents is 1. The number of fused-ring (bicyclic) bond motifs is 1. The summed E-state index contributed by atoms with van der Waals surface area (Å²) >= 11 is 5.95. The highest BCUT2D eigenvalue weighted by atomic mass is 35.5. The quantitative estimate of drug-likeness (QED) is 0.581. The maximum absolute atomic E-state index is 12.8. The molecule has 0 bridgehead atoms. The van der Waals surface area contributed by atoms with Gasteiger partial charge in [0, 0.05) is 50.2 Å². The second kappa shape index (κ2) is 7.77. The van der Waals surface area contributed by atoms with Gasteiger partial charge in [-0.05, 0) is 29.3 Å². The zero-order chi connectivity index (χ0) is 19.7. The third-order valence-corrected chi connectivity index (χ3v) is 5.44. The minimum absolute atomic E-state index is 0.0459. The van der Waals surface area contributed by atoms with E-state index in [-0.39, 0.29) is 17.2 Å². The number of amides is 1. The zero-order valence-electron chi connectivity index (χ0n) is 15.3. The van der Waals surface area contributed by atoms with Gasteiger partial charge in [-0.3, -0.25) is 19.8 Å². The van der Waals surface area contributed by atoms with Gasteiger partial charge >= 0.3 is 0 Å². The van der Waals surface area contributed by atoms with Gasteiger partial charge < -0.3 is 9.64 Å². The van der Waals surface area contributed by atoms with Gasteiger partial charge in [0.15, 0.2) is 0 Å². The van der Waals surface area contributed by atoms with Crippen LogP contribution in [0.5, 0.6) is 5.75 Å². The van der Waals surface area contributed by atoms with Gasteiger partial charge in [0.1, 0.15) is 11.3 Å². The van der Waals surface area contributed by atoms with E-state index in [1.54, 1.807) is 4.90 Å². The van der Waals surface area contributed by atoms with Gasteiger partial charge in [0.2, 0.25) is 0 Å². The summed E-state index contributed by atoms with van der Waals surface area (Å²) in [5.41, 5.74) is 2.32. The average molecular weight is 402 g/mol. The van der Waals surface area contributed by atoms with Crippen molar-refractivity contribution in [1.29, 1.82) is 0 Å². The van der Waals surface area contributed by atoms with Gasteiger partial charge in [-0.25, -0.2) is 0 Å².